The molecule has 0 saturated carbocycles. The number of piperazine rings is 1. The molecule has 4 rings (SSSR count). The largest absolute Gasteiger partial charge is 0.369 e. The van der Waals surface area contributed by atoms with E-state index >= 15 is 0 Å². The Balaban J connectivity index is 1.30. The van der Waals surface area contributed by atoms with Crippen LogP contribution in [0, 0.1) is 11.3 Å². The smallest absolute Gasteiger partial charge is 0.239 e. The van der Waals surface area contributed by atoms with Crippen molar-refractivity contribution in [3.63, 3.8) is 0 Å². The van der Waals surface area contributed by atoms with Gasteiger partial charge in [-0.15, -0.1) is 11.3 Å². The van der Waals surface area contributed by atoms with Crippen LogP contribution in [0.3, 0.4) is 0 Å². The number of carbonyl (C=O) groups excluding carboxylic acids is 2. The van der Waals surface area contributed by atoms with Crippen molar-refractivity contribution in [2.24, 2.45) is 0 Å². The lowest BCUT2D eigenvalue weighted by atomic mass is 10.1. The van der Waals surface area contributed by atoms with Crippen molar-refractivity contribution in [2.75, 3.05) is 42.9 Å². The van der Waals surface area contributed by atoms with Gasteiger partial charge in [-0.2, -0.15) is 5.26 Å². The molecule has 29 heavy (non-hydrogen) atoms. The first-order chi connectivity index (χ1) is 14.0. The number of fused-ring (bicyclic) bond motifs is 1. The summed E-state index contributed by atoms with van der Waals surface area (Å²) in [6.45, 7) is 5.18. The summed E-state index contributed by atoms with van der Waals surface area (Å²) in [5.41, 5.74) is 3.62. The zero-order valence-electron chi connectivity index (χ0n) is 16.5. The van der Waals surface area contributed by atoms with Gasteiger partial charge in [-0.25, -0.2) is 0 Å². The van der Waals surface area contributed by atoms with Crippen LogP contribution in [0.25, 0.3) is 0 Å². The predicted octanol–water partition coefficient (Wildman–Crippen LogP) is 3.07. The average Bonchev–Trinajstić information content (AvgIpc) is 3.29. The fraction of sp³-hybridized carbons (Fsp3) is 0.409. The molecule has 7 heteroatoms. The minimum atomic E-state index is -0.0549. The fourth-order valence-electron chi connectivity index (χ4n) is 4.05. The Morgan fingerprint density at radius 2 is 1.86 bits per heavy atom. The highest BCUT2D eigenvalue weighted by atomic mass is 32.1. The van der Waals surface area contributed by atoms with Gasteiger partial charge in [0.15, 0.2) is 5.78 Å². The molecular formula is C22H24N4O2S. The number of amides is 1. The molecule has 2 heterocycles. The summed E-state index contributed by atoms with van der Waals surface area (Å²) >= 11 is 1.56. The lowest BCUT2D eigenvalue weighted by Crippen LogP contribution is -2.48. The van der Waals surface area contributed by atoms with E-state index in [1.165, 1.54) is 4.88 Å². The molecule has 1 saturated heterocycles. The Bertz CT molecular complexity index is 966. The second-order valence-corrected chi connectivity index (χ2v) is 8.69. The zero-order valence-corrected chi connectivity index (χ0v) is 17.3. The second-order valence-electron chi connectivity index (χ2n) is 7.59. The SMILES string of the molecule is CC(=O)c1ccc(N2CCN(CC(=O)Nc3sc4c(c3C#N)CCC4)CC2)cc1. The summed E-state index contributed by atoms with van der Waals surface area (Å²) in [5.74, 6) is 0.0172. The van der Waals surface area contributed by atoms with Crippen LogP contribution >= 0.6 is 11.3 Å². The van der Waals surface area contributed by atoms with Crippen molar-refractivity contribution in [3.05, 3.63) is 45.8 Å². The van der Waals surface area contributed by atoms with Crippen molar-refractivity contribution in [1.82, 2.24) is 4.90 Å². The van der Waals surface area contributed by atoms with Gasteiger partial charge in [0.1, 0.15) is 11.1 Å². The number of nitriles is 1. The van der Waals surface area contributed by atoms with Gasteiger partial charge in [0.25, 0.3) is 0 Å². The monoisotopic (exact) mass is 408 g/mol. The zero-order chi connectivity index (χ0) is 20.4. The number of nitrogens with one attached hydrogen (secondary N) is 1. The summed E-state index contributed by atoms with van der Waals surface area (Å²) in [4.78, 5) is 29.6. The molecule has 0 unspecified atom stereocenters. The van der Waals surface area contributed by atoms with Crippen molar-refractivity contribution in [1.29, 1.82) is 5.26 Å². The number of thiophene rings is 1. The van der Waals surface area contributed by atoms with E-state index in [2.05, 4.69) is 21.2 Å². The first kappa shape index (κ1) is 19.6. The topological polar surface area (TPSA) is 76.4 Å². The van der Waals surface area contributed by atoms with Crippen molar-refractivity contribution < 1.29 is 9.59 Å². The normalized spacial score (nSPS) is 16.3. The van der Waals surface area contributed by atoms with Gasteiger partial charge in [0.2, 0.25) is 5.91 Å². The molecule has 1 aromatic carbocycles. The maximum atomic E-state index is 12.5. The van der Waals surface area contributed by atoms with Crippen molar-refractivity contribution in [2.45, 2.75) is 26.2 Å². The summed E-state index contributed by atoms with van der Waals surface area (Å²) in [6.07, 6.45) is 3.06. The minimum absolute atomic E-state index is 0.0549. The summed E-state index contributed by atoms with van der Waals surface area (Å²) < 4.78 is 0. The molecule has 1 fully saturated rings. The Hall–Kier alpha value is -2.69. The Morgan fingerprint density at radius 3 is 2.52 bits per heavy atom. The van der Waals surface area contributed by atoms with E-state index in [0.29, 0.717) is 17.1 Å². The van der Waals surface area contributed by atoms with E-state index in [1.54, 1.807) is 18.3 Å². The highest BCUT2D eigenvalue weighted by Crippen LogP contribution is 2.38. The van der Waals surface area contributed by atoms with E-state index in [9.17, 15) is 14.9 Å². The van der Waals surface area contributed by atoms with Gasteiger partial charge in [-0.1, -0.05) is 0 Å². The molecule has 0 radical (unpaired) electrons. The first-order valence-corrected chi connectivity index (χ1v) is 10.8. The van der Waals surface area contributed by atoms with Crippen LogP contribution in [0.15, 0.2) is 24.3 Å². The molecule has 2 aliphatic rings. The third kappa shape index (κ3) is 4.19. The maximum Gasteiger partial charge on any atom is 0.239 e. The van der Waals surface area contributed by atoms with Gasteiger partial charge in [-0.05, 0) is 56.0 Å². The summed E-state index contributed by atoms with van der Waals surface area (Å²) in [5, 5.41) is 13.1. The molecule has 0 bridgehead atoms. The van der Waals surface area contributed by atoms with Crippen LogP contribution in [0.1, 0.15) is 39.7 Å². The molecule has 1 amide bonds. The van der Waals surface area contributed by atoms with Gasteiger partial charge >= 0.3 is 0 Å². The Morgan fingerprint density at radius 1 is 1.14 bits per heavy atom. The lowest BCUT2D eigenvalue weighted by Gasteiger charge is -2.35. The predicted molar refractivity (Wildman–Crippen MR) is 115 cm³/mol. The number of hydrogen-bond acceptors (Lipinski definition) is 6. The van der Waals surface area contributed by atoms with Crippen LogP contribution in [-0.4, -0.2) is 49.3 Å². The van der Waals surface area contributed by atoms with E-state index in [-0.39, 0.29) is 11.7 Å². The molecular weight excluding hydrogens is 384 g/mol. The third-order valence-corrected chi connectivity index (χ3v) is 6.87. The number of aryl methyl sites for hydroxylation is 1. The Labute approximate surface area is 174 Å². The average molecular weight is 409 g/mol. The van der Waals surface area contributed by atoms with Gasteiger partial charge in [-0.3, -0.25) is 14.5 Å². The van der Waals surface area contributed by atoms with E-state index in [4.69, 9.17) is 0 Å². The number of ketones is 1. The minimum Gasteiger partial charge on any atom is -0.369 e. The number of Topliss-reactive ketones (excluding diaryl/α,β-unsaturated/α-hetero) is 1. The molecule has 1 aromatic heterocycles. The molecule has 0 atom stereocenters. The van der Waals surface area contributed by atoms with Crippen LogP contribution in [0.4, 0.5) is 10.7 Å². The van der Waals surface area contributed by atoms with Crippen molar-refractivity contribution in [3.8, 4) is 6.07 Å². The quantitative estimate of drug-likeness (QED) is 0.770. The maximum absolute atomic E-state index is 12.5. The molecule has 6 nitrogen and oxygen atoms in total. The van der Waals surface area contributed by atoms with Gasteiger partial charge in [0, 0.05) is 42.3 Å². The van der Waals surface area contributed by atoms with E-state index in [1.807, 2.05) is 24.3 Å². The number of carbonyl (C=O) groups is 2. The number of anilines is 2. The number of nitrogens with zero attached hydrogens (tertiary/aromatic N) is 3. The Kier molecular flexibility index (Phi) is 5.65. The molecule has 150 valence electrons. The van der Waals surface area contributed by atoms with E-state index in [0.717, 1.165) is 62.3 Å². The number of hydrogen-bond donors (Lipinski definition) is 1. The van der Waals surface area contributed by atoms with Gasteiger partial charge < -0.3 is 10.2 Å². The van der Waals surface area contributed by atoms with Crippen LogP contribution in [0.5, 0.6) is 0 Å². The van der Waals surface area contributed by atoms with Crippen molar-refractivity contribution >= 4 is 33.7 Å². The van der Waals surface area contributed by atoms with E-state index < -0.39 is 0 Å². The lowest BCUT2D eigenvalue weighted by molar-refractivity contribution is -0.117. The van der Waals surface area contributed by atoms with Crippen LogP contribution < -0.4 is 10.2 Å². The molecule has 1 aliphatic carbocycles. The number of benzene rings is 1. The first-order valence-electron chi connectivity index (χ1n) is 9.98. The highest BCUT2D eigenvalue weighted by molar-refractivity contribution is 7.16. The molecule has 0 spiro atoms. The summed E-state index contributed by atoms with van der Waals surface area (Å²) in [6, 6.07) is 9.97. The number of rotatable bonds is 5. The highest BCUT2D eigenvalue weighted by Gasteiger charge is 2.24. The second kappa shape index (κ2) is 8.36. The van der Waals surface area contributed by atoms with Crippen LogP contribution in [0.2, 0.25) is 0 Å². The molecule has 1 N–H and O–H groups in total. The van der Waals surface area contributed by atoms with Gasteiger partial charge in [0.05, 0.1) is 12.1 Å². The summed E-state index contributed by atoms with van der Waals surface area (Å²) in [7, 11) is 0. The fourth-order valence-corrected chi connectivity index (χ4v) is 5.31. The van der Waals surface area contributed by atoms with Crippen LogP contribution in [-0.2, 0) is 17.6 Å². The third-order valence-electron chi connectivity index (χ3n) is 5.66. The molecule has 2 aromatic rings. The standard InChI is InChI=1S/C22H24N4O2S/c1-15(27)16-5-7-17(8-6-16)26-11-9-25(10-12-26)14-21(28)24-22-19(13-23)18-3-2-4-20(18)29-22/h5-8H,2-4,9-12,14H2,1H3,(H,24,28). The molecule has 1 aliphatic heterocycles.